The molecule has 0 aliphatic carbocycles. The lowest BCUT2D eigenvalue weighted by Gasteiger charge is -2.34. The van der Waals surface area contributed by atoms with E-state index in [4.69, 9.17) is 0 Å². The zero-order valence-electron chi connectivity index (χ0n) is 23.3. The topological polar surface area (TPSA) is 107 Å². The Kier molecular flexibility index (Phi) is 7.53. The Morgan fingerprint density at radius 1 is 1.12 bits per heavy atom. The third kappa shape index (κ3) is 5.15. The van der Waals surface area contributed by atoms with Gasteiger partial charge in [0, 0.05) is 65.2 Å². The van der Waals surface area contributed by atoms with Crippen molar-refractivity contribution >= 4 is 49.7 Å². The Bertz CT molecular complexity index is 1790. The van der Waals surface area contributed by atoms with Crippen LogP contribution in [0.1, 0.15) is 16.8 Å². The summed E-state index contributed by atoms with van der Waals surface area (Å²) in [6.45, 7) is 6.60. The normalized spacial score (nSPS) is 15.7. The number of fused-ring (bicyclic) bond motifs is 3. The number of pyridine rings is 1. The highest BCUT2D eigenvalue weighted by atomic mass is 32.2. The van der Waals surface area contributed by atoms with E-state index in [2.05, 4.69) is 20.2 Å². The van der Waals surface area contributed by atoms with Crippen molar-refractivity contribution in [3.63, 3.8) is 0 Å². The summed E-state index contributed by atoms with van der Waals surface area (Å²) in [5.74, 6) is 0.251. The molecule has 3 heterocycles. The van der Waals surface area contributed by atoms with Crippen LogP contribution in [0.2, 0.25) is 0 Å². The number of rotatable bonds is 7. The molecule has 0 amide bonds. The van der Waals surface area contributed by atoms with Gasteiger partial charge in [-0.05, 0) is 60.7 Å². The molecule has 10 nitrogen and oxygen atoms in total. The van der Waals surface area contributed by atoms with Crippen LogP contribution in [0.25, 0.3) is 27.9 Å². The molecule has 1 aliphatic rings. The number of aromatic amines is 1. The van der Waals surface area contributed by atoms with Crippen LogP contribution in [0.15, 0.2) is 41.2 Å². The summed E-state index contributed by atoms with van der Waals surface area (Å²) >= 11 is 0. The summed E-state index contributed by atoms with van der Waals surface area (Å²) in [6.07, 6.45) is 3.91. The van der Waals surface area contributed by atoms with Crippen molar-refractivity contribution in [1.82, 2.24) is 28.0 Å². The molecule has 4 aromatic rings. The van der Waals surface area contributed by atoms with Gasteiger partial charge in [-0.3, -0.25) is 9.69 Å². The molecule has 0 atom stereocenters. The molecule has 1 saturated heterocycles. The summed E-state index contributed by atoms with van der Waals surface area (Å²) in [5.41, 5.74) is 4.35. The number of H-pyrrole nitrogens is 1. The number of hydrogen-bond donors (Lipinski definition) is 2. The maximum Gasteiger partial charge on any atom is 0.281 e. The predicted molar refractivity (Wildman–Crippen MR) is 158 cm³/mol. The van der Waals surface area contributed by atoms with Gasteiger partial charge in [0.05, 0.1) is 16.4 Å². The lowest BCUT2D eigenvalue weighted by molar-refractivity contribution is 0.199. The van der Waals surface area contributed by atoms with Gasteiger partial charge in [0.25, 0.3) is 15.8 Å². The molecule has 0 radical (unpaired) electrons. The number of nitrogens with zero attached hydrogens (tertiary/aromatic N) is 5. The molecule has 40 heavy (non-hydrogen) atoms. The lowest BCUT2D eigenvalue weighted by atomic mass is 10.0. The van der Waals surface area contributed by atoms with Crippen LogP contribution < -0.4 is 10.9 Å². The van der Waals surface area contributed by atoms with Gasteiger partial charge in [0.2, 0.25) is 5.95 Å². The second kappa shape index (κ2) is 10.8. The Balaban J connectivity index is 1.38. The smallest absolute Gasteiger partial charge is 0.281 e. The van der Waals surface area contributed by atoms with E-state index in [9.17, 15) is 17.6 Å². The number of aryl methyl sites for hydroxylation is 3. The summed E-state index contributed by atoms with van der Waals surface area (Å²) in [6, 6.07) is 8.35. The van der Waals surface area contributed by atoms with Gasteiger partial charge in [-0.2, -0.15) is 17.0 Å². The largest absolute Gasteiger partial charge is 0.325 e. The average molecular weight is 568 g/mol. The highest BCUT2D eigenvalue weighted by Crippen LogP contribution is 2.30. The molecule has 0 unspecified atom stereocenters. The number of halogens is 1. The second-order valence-electron chi connectivity index (χ2n) is 10.3. The average Bonchev–Trinajstić information content (AvgIpc) is 3.23. The molecule has 2 aromatic heterocycles. The maximum absolute atomic E-state index is 13.6. The Morgan fingerprint density at radius 3 is 2.52 bits per heavy atom. The van der Waals surface area contributed by atoms with Gasteiger partial charge < -0.3 is 14.9 Å². The maximum atomic E-state index is 13.6. The number of hydrogen-bond acceptors (Lipinski definition) is 6. The fourth-order valence-electron chi connectivity index (χ4n) is 5.13. The van der Waals surface area contributed by atoms with Crippen LogP contribution in [0.5, 0.6) is 0 Å². The lowest BCUT2D eigenvalue weighted by Crippen LogP contribution is -2.51. The molecule has 212 valence electrons. The van der Waals surface area contributed by atoms with Crippen LogP contribution in [-0.4, -0.2) is 83.3 Å². The van der Waals surface area contributed by atoms with Crippen molar-refractivity contribution in [2.75, 3.05) is 52.1 Å². The van der Waals surface area contributed by atoms with E-state index in [1.807, 2.05) is 49.7 Å². The van der Waals surface area contributed by atoms with Gasteiger partial charge in [0.1, 0.15) is 5.82 Å². The third-order valence-corrected chi connectivity index (χ3v) is 9.46. The standard InChI is InChI=1S/C28H34FN7O3S/c1-18-17-20(29)8-10-22(18)31-28-32-24-11-9-21-19(2)23(30-27(37)25(21)26(24)34(28)5)7-6-12-35-13-15-36(16-14-35)40(38,39)33(3)4/h6-11,17H,12-16H2,1-5H3,(H,30,37)(H,31,32). The van der Waals surface area contributed by atoms with Gasteiger partial charge in [-0.15, -0.1) is 0 Å². The van der Waals surface area contributed by atoms with E-state index >= 15 is 0 Å². The SMILES string of the molecule is Cc1cc(F)ccc1Nc1nc2ccc3c(C)c(C=CCN4CCN(S(=O)(=O)N(C)C)CC4)[nH]c(=O)c3c2n1C. The molecular weight excluding hydrogens is 533 g/mol. The Hall–Kier alpha value is -3.58. The zero-order chi connectivity index (χ0) is 28.8. The molecule has 1 aliphatic heterocycles. The number of piperazine rings is 1. The van der Waals surface area contributed by atoms with Crippen molar-refractivity contribution in [3.05, 3.63) is 69.4 Å². The summed E-state index contributed by atoms with van der Waals surface area (Å²) in [5, 5.41) is 4.66. The van der Waals surface area contributed by atoms with E-state index in [1.165, 1.54) is 20.7 Å². The highest BCUT2D eigenvalue weighted by Gasteiger charge is 2.28. The van der Waals surface area contributed by atoms with Crippen molar-refractivity contribution in [3.8, 4) is 0 Å². The third-order valence-electron chi connectivity index (χ3n) is 7.52. The first-order valence-corrected chi connectivity index (χ1v) is 14.5. The molecule has 0 bridgehead atoms. The second-order valence-corrected chi connectivity index (χ2v) is 12.5. The molecule has 2 aromatic carbocycles. The molecule has 5 rings (SSSR count). The Labute approximate surface area is 232 Å². The van der Waals surface area contributed by atoms with Gasteiger partial charge in [0.15, 0.2) is 0 Å². The number of aromatic nitrogens is 3. The fourth-order valence-corrected chi connectivity index (χ4v) is 6.22. The molecule has 12 heteroatoms. The van der Waals surface area contributed by atoms with Crippen molar-refractivity contribution in [2.24, 2.45) is 7.05 Å². The first-order valence-electron chi connectivity index (χ1n) is 13.1. The van der Waals surface area contributed by atoms with Gasteiger partial charge in [-0.25, -0.2) is 9.37 Å². The minimum Gasteiger partial charge on any atom is -0.325 e. The van der Waals surface area contributed by atoms with Gasteiger partial charge >= 0.3 is 0 Å². The van der Waals surface area contributed by atoms with Crippen LogP contribution in [-0.2, 0) is 17.3 Å². The quantitative estimate of drug-likeness (QED) is 0.355. The summed E-state index contributed by atoms with van der Waals surface area (Å²) < 4.78 is 42.8. The summed E-state index contributed by atoms with van der Waals surface area (Å²) in [4.78, 5) is 23.3. The number of benzene rings is 2. The van der Waals surface area contributed by atoms with E-state index in [-0.39, 0.29) is 11.4 Å². The van der Waals surface area contributed by atoms with Crippen LogP contribution in [0.4, 0.5) is 16.0 Å². The van der Waals surface area contributed by atoms with E-state index in [1.54, 1.807) is 20.2 Å². The monoisotopic (exact) mass is 567 g/mol. The molecule has 2 N–H and O–H groups in total. The van der Waals surface area contributed by atoms with Crippen LogP contribution in [0, 0.1) is 19.7 Å². The molecular formula is C28H34FN7O3S. The molecule has 0 saturated carbocycles. The van der Waals surface area contributed by atoms with Crippen LogP contribution in [0.3, 0.4) is 0 Å². The van der Waals surface area contributed by atoms with Gasteiger partial charge in [-0.1, -0.05) is 12.1 Å². The molecule has 0 spiro atoms. The van der Waals surface area contributed by atoms with E-state index in [0.29, 0.717) is 55.1 Å². The summed E-state index contributed by atoms with van der Waals surface area (Å²) in [7, 11) is 1.54. The molecule has 1 fully saturated rings. The number of anilines is 2. The van der Waals surface area contributed by atoms with E-state index in [0.717, 1.165) is 27.9 Å². The first-order chi connectivity index (χ1) is 19.0. The first kappa shape index (κ1) is 28.0. The number of nitrogens with one attached hydrogen (secondary N) is 2. The highest BCUT2D eigenvalue weighted by molar-refractivity contribution is 7.86. The van der Waals surface area contributed by atoms with E-state index < -0.39 is 10.2 Å². The minimum absolute atomic E-state index is 0.208. The fraction of sp³-hybridized carbons (Fsp3) is 0.357. The van der Waals surface area contributed by atoms with Crippen molar-refractivity contribution in [2.45, 2.75) is 13.8 Å². The number of imidazole rings is 1. The van der Waals surface area contributed by atoms with Crippen molar-refractivity contribution < 1.29 is 12.8 Å². The predicted octanol–water partition coefficient (Wildman–Crippen LogP) is 3.35. The van der Waals surface area contributed by atoms with Crippen molar-refractivity contribution in [1.29, 1.82) is 0 Å². The van der Waals surface area contributed by atoms with Crippen LogP contribution >= 0.6 is 0 Å². The zero-order valence-corrected chi connectivity index (χ0v) is 24.1. The Morgan fingerprint density at radius 2 is 1.85 bits per heavy atom. The minimum atomic E-state index is -3.40.